The SMILES string of the molecule is O=C(c1cnc2n(c1=O)CCS2)N1CCC[C@H](O)C1. The molecule has 0 unspecified atom stereocenters. The Hall–Kier alpha value is -1.34. The first kappa shape index (κ1) is 12.7. The second-order valence-corrected chi connectivity index (χ2v) is 5.87. The number of hydrogen-bond donors (Lipinski definition) is 1. The van der Waals surface area contributed by atoms with Crippen LogP contribution in [-0.2, 0) is 6.54 Å². The third kappa shape index (κ3) is 2.28. The first-order chi connectivity index (χ1) is 9.16. The van der Waals surface area contributed by atoms with Crippen molar-refractivity contribution < 1.29 is 9.90 Å². The maximum Gasteiger partial charge on any atom is 0.267 e. The molecular weight excluding hydrogens is 266 g/mol. The third-order valence-corrected chi connectivity index (χ3v) is 4.44. The van der Waals surface area contributed by atoms with Gasteiger partial charge >= 0.3 is 0 Å². The van der Waals surface area contributed by atoms with Crippen molar-refractivity contribution in [3.63, 3.8) is 0 Å². The quantitative estimate of drug-likeness (QED) is 0.730. The summed E-state index contributed by atoms with van der Waals surface area (Å²) in [5.74, 6) is 0.505. The highest BCUT2D eigenvalue weighted by Crippen LogP contribution is 2.21. The lowest BCUT2D eigenvalue weighted by atomic mass is 10.1. The number of carbonyl (C=O) groups excluding carboxylic acids is 1. The molecule has 0 aromatic carbocycles. The largest absolute Gasteiger partial charge is 0.391 e. The zero-order valence-electron chi connectivity index (χ0n) is 10.4. The van der Waals surface area contributed by atoms with E-state index >= 15 is 0 Å². The minimum atomic E-state index is -0.488. The normalized spacial score (nSPS) is 22.4. The summed E-state index contributed by atoms with van der Waals surface area (Å²) in [5, 5.41) is 10.3. The molecule has 1 atom stereocenters. The zero-order valence-corrected chi connectivity index (χ0v) is 11.2. The lowest BCUT2D eigenvalue weighted by Crippen LogP contribution is -2.44. The van der Waals surface area contributed by atoms with Crippen LogP contribution >= 0.6 is 11.8 Å². The van der Waals surface area contributed by atoms with Crippen LogP contribution in [0.1, 0.15) is 23.2 Å². The van der Waals surface area contributed by atoms with Crippen LogP contribution in [0.4, 0.5) is 0 Å². The molecule has 2 aliphatic rings. The van der Waals surface area contributed by atoms with Crippen molar-refractivity contribution in [3.8, 4) is 0 Å². The van der Waals surface area contributed by atoms with Gasteiger partial charge in [-0.15, -0.1) is 0 Å². The Labute approximate surface area is 114 Å². The number of thioether (sulfide) groups is 1. The summed E-state index contributed by atoms with van der Waals surface area (Å²) in [4.78, 5) is 30.3. The maximum absolute atomic E-state index is 12.3. The Bertz CT molecular complexity index is 572. The number of fused-ring (bicyclic) bond motifs is 1. The molecule has 3 heterocycles. The number of likely N-dealkylation sites (tertiary alicyclic amines) is 1. The molecule has 1 aromatic heterocycles. The van der Waals surface area contributed by atoms with Crippen LogP contribution < -0.4 is 5.56 Å². The molecule has 1 amide bonds. The van der Waals surface area contributed by atoms with Gasteiger partial charge in [0, 0.05) is 31.6 Å². The van der Waals surface area contributed by atoms with E-state index < -0.39 is 6.10 Å². The predicted molar refractivity (Wildman–Crippen MR) is 70.4 cm³/mol. The van der Waals surface area contributed by atoms with Gasteiger partial charge in [-0.2, -0.15) is 0 Å². The van der Waals surface area contributed by atoms with Crippen molar-refractivity contribution in [3.05, 3.63) is 22.1 Å². The summed E-state index contributed by atoms with van der Waals surface area (Å²) in [5.41, 5.74) is -0.152. The molecule has 1 fully saturated rings. The molecule has 19 heavy (non-hydrogen) atoms. The summed E-state index contributed by atoms with van der Waals surface area (Å²) < 4.78 is 1.55. The molecule has 0 radical (unpaired) electrons. The maximum atomic E-state index is 12.3. The Balaban J connectivity index is 1.90. The molecule has 1 N–H and O–H groups in total. The van der Waals surface area contributed by atoms with Gasteiger partial charge in [0.25, 0.3) is 11.5 Å². The summed E-state index contributed by atoms with van der Waals surface area (Å²) in [6.07, 6.45) is 2.36. The molecule has 1 saturated heterocycles. The minimum absolute atomic E-state index is 0.111. The van der Waals surface area contributed by atoms with E-state index in [4.69, 9.17) is 0 Å². The lowest BCUT2D eigenvalue weighted by molar-refractivity contribution is 0.0471. The molecule has 0 saturated carbocycles. The van der Waals surface area contributed by atoms with Gasteiger partial charge in [-0.05, 0) is 12.8 Å². The molecule has 7 heteroatoms. The highest BCUT2D eigenvalue weighted by molar-refractivity contribution is 7.99. The fourth-order valence-corrected chi connectivity index (χ4v) is 3.39. The average Bonchev–Trinajstić information content (AvgIpc) is 2.88. The van der Waals surface area contributed by atoms with Crippen molar-refractivity contribution in [1.82, 2.24) is 14.5 Å². The molecule has 0 bridgehead atoms. The molecule has 1 aromatic rings. The van der Waals surface area contributed by atoms with E-state index in [1.54, 1.807) is 9.47 Å². The van der Waals surface area contributed by atoms with Crippen LogP contribution in [0.2, 0.25) is 0 Å². The Morgan fingerprint density at radius 2 is 2.32 bits per heavy atom. The van der Waals surface area contributed by atoms with Gasteiger partial charge in [-0.3, -0.25) is 14.2 Å². The Morgan fingerprint density at radius 1 is 1.47 bits per heavy atom. The topological polar surface area (TPSA) is 75.4 Å². The van der Waals surface area contributed by atoms with E-state index in [9.17, 15) is 14.7 Å². The van der Waals surface area contributed by atoms with Gasteiger partial charge in [0.2, 0.25) is 0 Å². The number of nitrogens with zero attached hydrogens (tertiary/aromatic N) is 3. The number of aliphatic hydroxyl groups excluding tert-OH is 1. The van der Waals surface area contributed by atoms with Crippen LogP contribution in [0.25, 0.3) is 0 Å². The van der Waals surface area contributed by atoms with E-state index in [-0.39, 0.29) is 17.0 Å². The Kier molecular flexibility index (Phi) is 3.32. The van der Waals surface area contributed by atoms with Crippen molar-refractivity contribution in [2.45, 2.75) is 30.6 Å². The standard InChI is InChI=1S/C12H15N3O3S/c16-8-2-1-3-14(7-8)10(17)9-6-13-12-15(11(9)18)4-5-19-12/h6,8,16H,1-5,7H2/t8-/m0/s1. The van der Waals surface area contributed by atoms with Crippen molar-refractivity contribution >= 4 is 17.7 Å². The monoisotopic (exact) mass is 281 g/mol. The summed E-state index contributed by atoms with van der Waals surface area (Å²) in [6.45, 7) is 1.50. The molecule has 102 valence electrons. The zero-order chi connectivity index (χ0) is 13.4. The first-order valence-corrected chi connectivity index (χ1v) is 7.35. The molecule has 3 rings (SSSR count). The number of aliphatic hydroxyl groups is 1. The first-order valence-electron chi connectivity index (χ1n) is 6.37. The number of aromatic nitrogens is 2. The highest BCUT2D eigenvalue weighted by atomic mass is 32.2. The van der Waals surface area contributed by atoms with Gasteiger partial charge in [0.15, 0.2) is 5.16 Å². The van der Waals surface area contributed by atoms with Crippen LogP contribution in [-0.4, -0.2) is 50.4 Å². The molecule has 0 aliphatic carbocycles. The lowest BCUT2D eigenvalue weighted by Gasteiger charge is -2.29. The highest BCUT2D eigenvalue weighted by Gasteiger charge is 2.27. The van der Waals surface area contributed by atoms with Crippen LogP contribution in [0.15, 0.2) is 16.1 Å². The van der Waals surface area contributed by atoms with E-state index in [0.717, 1.165) is 12.2 Å². The van der Waals surface area contributed by atoms with Crippen LogP contribution in [0, 0.1) is 0 Å². The summed E-state index contributed by atoms with van der Waals surface area (Å²) in [6, 6.07) is 0. The predicted octanol–water partition coefficient (Wildman–Crippen LogP) is -0.0541. The summed E-state index contributed by atoms with van der Waals surface area (Å²) in [7, 11) is 0. The van der Waals surface area contributed by atoms with Gasteiger partial charge < -0.3 is 10.0 Å². The van der Waals surface area contributed by atoms with Gasteiger partial charge in [-0.25, -0.2) is 4.98 Å². The molecule has 6 nitrogen and oxygen atoms in total. The third-order valence-electron chi connectivity index (χ3n) is 3.47. The number of β-amino-alcohol motifs (C(OH)–C–C–N with tert-alkyl or cyclic N) is 1. The number of rotatable bonds is 1. The summed E-state index contributed by atoms with van der Waals surface area (Å²) >= 11 is 1.53. The molecule has 2 aliphatic heterocycles. The van der Waals surface area contributed by atoms with E-state index in [2.05, 4.69) is 4.98 Å². The smallest absolute Gasteiger partial charge is 0.267 e. The van der Waals surface area contributed by atoms with Gasteiger partial charge in [-0.1, -0.05) is 11.8 Å². The van der Waals surface area contributed by atoms with E-state index in [0.29, 0.717) is 31.2 Å². The number of piperidine rings is 1. The van der Waals surface area contributed by atoms with Crippen molar-refractivity contribution in [2.24, 2.45) is 0 Å². The van der Waals surface area contributed by atoms with Crippen LogP contribution in [0.5, 0.6) is 0 Å². The minimum Gasteiger partial charge on any atom is -0.391 e. The van der Waals surface area contributed by atoms with Crippen molar-refractivity contribution in [1.29, 1.82) is 0 Å². The van der Waals surface area contributed by atoms with E-state index in [1.165, 1.54) is 18.0 Å². The fraction of sp³-hybridized carbons (Fsp3) is 0.583. The number of hydrogen-bond acceptors (Lipinski definition) is 5. The Morgan fingerprint density at radius 3 is 3.11 bits per heavy atom. The van der Waals surface area contributed by atoms with Crippen LogP contribution in [0.3, 0.4) is 0 Å². The van der Waals surface area contributed by atoms with Crippen molar-refractivity contribution in [2.75, 3.05) is 18.8 Å². The van der Waals surface area contributed by atoms with E-state index in [1.807, 2.05) is 0 Å². The van der Waals surface area contributed by atoms with Gasteiger partial charge in [0.1, 0.15) is 5.56 Å². The number of amides is 1. The number of carbonyl (C=O) groups is 1. The average molecular weight is 281 g/mol. The van der Waals surface area contributed by atoms with Gasteiger partial charge in [0.05, 0.1) is 6.10 Å². The second-order valence-electron chi connectivity index (χ2n) is 4.81. The molecule has 0 spiro atoms. The second kappa shape index (κ2) is 4.97. The molecular formula is C12H15N3O3S. The fourth-order valence-electron chi connectivity index (χ4n) is 2.47.